The third-order valence-electron chi connectivity index (χ3n) is 16.0. The second-order valence-electron chi connectivity index (χ2n) is 24.5. The molecule has 4 aromatic rings. The highest BCUT2D eigenvalue weighted by Gasteiger charge is 2.55. The fraction of sp³-hybridized carbons (Fsp3) is 0.521. The Morgan fingerprint density at radius 3 is 1.03 bits per heavy atom. The van der Waals surface area contributed by atoms with Crippen LogP contribution in [0.2, 0.25) is 0 Å². The predicted molar refractivity (Wildman–Crippen MR) is 393 cm³/mol. The van der Waals surface area contributed by atoms with Gasteiger partial charge in [-0.3, -0.25) is 38.9 Å². The van der Waals surface area contributed by atoms with E-state index in [1.54, 1.807) is 93.6 Å². The molecule has 4 N–H and O–H groups in total. The Hall–Kier alpha value is -9.99. The fourth-order valence-corrected chi connectivity index (χ4v) is 10.9. The first-order valence-corrected chi connectivity index (χ1v) is 35.1. The largest absolute Gasteiger partial charge is 0.467 e. The Morgan fingerprint density at radius 2 is 0.745 bits per heavy atom. The maximum atomic E-state index is 12.4. The van der Waals surface area contributed by atoms with E-state index in [0.29, 0.717) is 34.3 Å². The molecule has 3 aliphatic heterocycles. The molecule has 3 heterocycles. The minimum absolute atomic E-state index is 0.0402. The number of likely N-dealkylation sites (N-methyl/N-ethyl adjacent to an activating group) is 4. The van der Waals surface area contributed by atoms with E-state index in [9.17, 15) is 53.3 Å². The molecule has 0 bridgehead atoms. The van der Waals surface area contributed by atoms with E-state index in [2.05, 4.69) is 16.0 Å². The van der Waals surface area contributed by atoms with Crippen LogP contribution in [0.15, 0.2) is 97.1 Å². The van der Waals surface area contributed by atoms with Crippen LogP contribution in [0.4, 0.5) is 5.69 Å². The number of aliphatic hydroxyl groups excluding tert-OH is 1. The van der Waals surface area contributed by atoms with Gasteiger partial charge in [0.05, 0.1) is 32.9 Å². The number of aliphatic hydroxyl groups is 1. The number of hydrogen-bond donors (Lipinski definition) is 4. The maximum Gasteiger partial charge on any atom is 0.358 e. The van der Waals surface area contributed by atoms with Crippen molar-refractivity contribution in [1.29, 1.82) is 0 Å². The Labute approximate surface area is 647 Å². The van der Waals surface area contributed by atoms with E-state index in [4.69, 9.17) is 115 Å². The number of non-ortho nitro benzene ring substituents is 1. The van der Waals surface area contributed by atoms with E-state index in [1.165, 1.54) is 87.1 Å². The molecule has 3 fully saturated rings. The third-order valence-corrected chi connectivity index (χ3v) is 16.7. The molecular weight excluding hydrogens is 1490 g/mol. The average molecular weight is 1590 g/mol. The van der Waals surface area contributed by atoms with Crippen molar-refractivity contribution in [3.8, 4) is 23.0 Å². The van der Waals surface area contributed by atoms with Crippen LogP contribution in [-0.4, -0.2) is 229 Å². The van der Waals surface area contributed by atoms with Crippen molar-refractivity contribution >= 4 is 94.3 Å². The Bertz CT molecular complexity index is 3650. The van der Waals surface area contributed by atoms with E-state index in [1.807, 2.05) is 33.1 Å². The van der Waals surface area contributed by atoms with Gasteiger partial charge in [-0.2, -0.15) is 0 Å². The number of thiocarbonyl (C=S) groups is 2. The summed E-state index contributed by atoms with van der Waals surface area (Å²) in [6.45, 7) is 15.9. The molecule has 0 radical (unpaired) electrons. The normalized spacial score (nSPS) is 22.9. The number of ether oxygens (including phenoxy) is 18. The molecule has 0 aliphatic carbocycles. The summed E-state index contributed by atoms with van der Waals surface area (Å²) in [6, 6.07) is 25.2. The topological polar surface area (TPSA) is 422 Å². The van der Waals surface area contributed by atoms with Crippen molar-refractivity contribution in [3.63, 3.8) is 0 Å². The minimum atomic E-state index is -1.31. The maximum absolute atomic E-state index is 12.4. The number of nitrogens with one attached hydrogen (secondary N) is 3. The van der Waals surface area contributed by atoms with E-state index < -0.39 is 150 Å². The number of nitrogens with zero attached hydrogens (tertiary/aromatic N) is 2. The molecule has 7 rings (SSSR count). The number of methoxy groups -OCH3 is 3. The van der Waals surface area contributed by atoms with E-state index in [0.717, 1.165) is 25.2 Å². The van der Waals surface area contributed by atoms with Gasteiger partial charge in [-0.25, -0.2) is 14.4 Å². The quantitative estimate of drug-likeness (QED) is 0.0144. The average Bonchev–Trinajstić information content (AvgIpc) is 0.796. The molecule has 0 saturated carbocycles. The molecule has 0 unspecified atom stereocenters. The van der Waals surface area contributed by atoms with Crippen molar-refractivity contribution in [2.45, 2.75) is 156 Å². The summed E-state index contributed by atoms with van der Waals surface area (Å²) in [5.74, 6) is -6.57. The van der Waals surface area contributed by atoms with Crippen LogP contribution in [0.25, 0.3) is 0 Å². The summed E-state index contributed by atoms with van der Waals surface area (Å²) >= 11 is 10.3. The number of esters is 9. The number of rotatable bonds is 28. The smallest absolute Gasteiger partial charge is 0.358 e. The number of carbonyl (C=O) groups excluding carboxylic acids is 9. The van der Waals surface area contributed by atoms with Crippen LogP contribution in [-0.2, 0) is 129 Å². The summed E-state index contributed by atoms with van der Waals surface area (Å²) in [4.78, 5) is 119. The number of nitro benzene ring substituents is 1. The minimum Gasteiger partial charge on any atom is -0.467 e. The molecule has 0 amide bonds. The Balaban J connectivity index is 0.000000339. The molecule has 0 aromatic heterocycles. The first kappa shape index (κ1) is 92.4. The van der Waals surface area contributed by atoms with Crippen molar-refractivity contribution in [2.24, 2.45) is 17.8 Å². The third kappa shape index (κ3) is 30.1. The van der Waals surface area contributed by atoms with Gasteiger partial charge >= 0.3 is 59.0 Å². The SMILES string of the molecule is CNCCN(C)C(=S)OCc1ccc(O[C@@H]2O[C@H](C(=O)OC)[C@@H](C)[C@H](OC(C)=O)[C@H]2OC(C)=O)cc1.CNCCNC.COC(=O)[C@H]1O[C@@H](Oc2ccc(CO)cc2)[C@H](OC(C)=O)[C@@H](OC(C)=O)[C@@H]1C.COC(=O)[C@H]1O[C@@H](Oc2ccc(COC(=S)Oc3ccc([N+](=O)[O-])cc3)cc2)[C@H](OC(C)=O)[C@@H](OC(C)=O)[C@@H]1C. The highest BCUT2D eigenvalue weighted by molar-refractivity contribution is 7.80. The standard InChI is InChI=1S/C26H27NO12S.C24H34N2O9S.C19H24O9.C4H12N2/c1-14-21(35-15(2)28)23(36-16(3)29)25(39-22(14)24(30)33-4)37-19-9-5-17(6-10-19)13-34-26(40)38-20-11-7-18(8-12-20)27(31)32;1-14-19(32-15(2)27)21(33-16(3)28)23(35-20(14)22(29)30-6)34-18-9-7-17(8-10-18)13-31-24(36)26(5)12-11-25-4;1-10-15(25-11(2)21)17(26-12(3)22)19(28-16(10)18(23)24-4)27-14-7-5-13(9-20)6-8-14;1-5-3-4-6-2/h5-12,14,21-23,25H,13H2,1-4H3;7-10,14,19-21,23,25H,11-13H2,1-6H3;5-8,10,15-17,19-20H,9H2,1-4H3;5-6H,3-4H2,1-2H3/t14-,21-,22-,23+,25+;14-,19-,20-,21+,23+;10-,15-,16-,17+,19+;/m000./s1. The summed E-state index contributed by atoms with van der Waals surface area (Å²) in [7, 11) is 11.2. The second-order valence-corrected chi connectivity index (χ2v) is 25.2. The number of benzene rings is 4. The monoisotopic (exact) mass is 1590 g/mol. The summed E-state index contributed by atoms with van der Waals surface area (Å²) < 4.78 is 98.0. The van der Waals surface area contributed by atoms with Crippen LogP contribution in [0.3, 0.4) is 0 Å². The lowest BCUT2D eigenvalue weighted by Gasteiger charge is -2.42. The molecular formula is C73H97N5O30S2. The van der Waals surface area contributed by atoms with Gasteiger partial charge in [0.1, 0.15) is 36.2 Å². The lowest BCUT2D eigenvalue weighted by atomic mass is 9.90. The van der Waals surface area contributed by atoms with Gasteiger partial charge in [0.25, 0.3) is 10.9 Å². The predicted octanol–water partition coefficient (Wildman–Crippen LogP) is 5.05. The van der Waals surface area contributed by atoms with Crippen molar-refractivity contribution < 1.29 is 138 Å². The van der Waals surface area contributed by atoms with Gasteiger partial charge < -0.3 is 111 Å². The molecule has 35 nitrogen and oxygen atoms in total. The molecule has 3 aliphatic rings. The number of nitro groups is 1. The lowest BCUT2D eigenvalue weighted by molar-refractivity contribution is -0.384. The van der Waals surface area contributed by atoms with Crippen LogP contribution in [0.5, 0.6) is 23.0 Å². The molecule has 4 aromatic carbocycles. The summed E-state index contributed by atoms with van der Waals surface area (Å²) in [6.07, 6.45) is -13.6. The van der Waals surface area contributed by atoms with Gasteiger partial charge in [-0.05, 0) is 98.6 Å². The van der Waals surface area contributed by atoms with Crippen molar-refractivity contribution in [2.75, 3.05) is 75.7 Å². The molecule has 3 saturated heterocycles. The Morgan fingerprint density at radius 1 is 0.455 bits per heavy atom. The zero-order valence-electron chi connectivity index (χ0n) is 63.8. The highest BCUT2D eigenvalue weighted by atomic mass is 32.1. The van der Waals surface area contributed by atoms with Crippen molar-refractivity contribution in [1.82, 2.24) is 20.9 Å². The summed E-state index contributed by atoms with van der Waals surface area (Å²) in [5.41, 5.74) is 2.11. The number of carbonyl (C=O) groups is 9. The highest BCUT2D eigenvalue weighted by Crippen LogP contribution is 2.37. The second kappa shape index (κ2) is 47.2. The van der Waals surface area contributed by atoms with Crippen LogP contribution in [0, 0.1) is 27.9 Å². The van der Waals surface area contributed by atoms with Gasteiger partial charge in [0.15, 0.2) is 36.6 Å². The zero-order valence-corrected chi connectivity index (χ0v) is 65.5. The van der Waals surface area contributed by atoms with Gasteiger partial charge in [0, 0.05) is 117 Å². The van der Waals surface area contributed by atoms with Crippen LogP contribution >= 0.6 is 24.4 Å². The molecule has 15 atom stereocenters. The first-order valence-electron chi connectivity index (χ1n) is 34.2. The van der Waals surface area contributed by atoms with E-state index in [-0.39, 0.29) is 42.2 Å². The van der Waals surface area contributed by atoms with Crippen molar-refractivity contribution in [3.05, 3.63) is 124 Å². The van der Waals surface area contributed by atoms with Gasteiger partial charge in [-0.15, -0.1) is 0 Å². The molecule has 606 valence electrons. The van der Waals surface area contributed by atoms with Crippen LogP contribution in [0.1, 0.15) is 79.0 Å². The first-order chi connectivity index (χ1) is 52.2. The van der Waals surface area contributed by atoms with E-state index >= 15 is 0 Å². The molecule has 37 heteroatoms. The van der Waals surface area contributed by atoms with Gasteiger partial charge in [0.2, 0.25) is 37.2 Å². The molecule has 0 spiro atoms. The lowest BCUT2D eigenvalue weighted by Crippen LogP contribution is -2.60. The zero-order chi connectivity index (χ0) is 81.9. The van der Waals surface area contributed by atoms with Crippen LogP contribution < -0.4 is 34.9 Å². The van der Waals surface area contributed by atoms with Gasteiger partial charge in [-0.1, -0.05) is 57.2 Å². The molecule has 110 heavy (non-hydrogen) atoms. The number of hydrogen-bond acceptors (Lipinski definition) is 35. The Kier molecular flexibility index (Phi) is 39.6. The summed E-state index contributed by atoms with van der Waals surface area (Å²) in [5, 5.41) is 29.1. The fourth-order valence-electron chi connectivity index (χ4n) is 10.6.